The summed E-state index contributed by atoms with van der Waals surface area (Å²) in [6.45, 7) is 4.08. The van der Waals surface area contributed by atoms with E-state index in [2.05, 4.69) is 0 Å². The van der Waals surface area contributed by atoms with Gasteiger partial charge in [-0.05, 0) is 44.9 Å². The second-order valence-corrected chi connectivity index (χ2v) is 5.81. The fourth-order valence-corrected chi connectivity index (χ4v) is 3.06. The quantitative estimate of drug-likeness (QED) is 0.783. The highest BCUT2D eigenvalue weighted by Gasteiger charge is 2.54. The Labute approximate surface area is 107 Å². The van der Waals surface area contributed by atoms with Crippen molar-refractivity contribution in [2.24, 2.45) is 11.7 Å². The number of carbonyl (C=O) groups is 2. The van der Waals surface area contributed by atoms with Crippen LogP contribution in [-0.2, 0) is 9.59 Å². The molecule has 1 saturated heterocycles. The lowest BCUT2D eigenvalue weighted by atomic mass is 9.89. The standard InChI is InChI=1S/C13H22N2O3/c1-3-13(11(17)18)7-4-8-15(13)10(16)12(2,14)9-5-6-9/h9H,3-8,14H2,1-2H3,(H,17,18). The number of hydrogen-bond donors (Lipinski definition) is 2. The third-order valence-electron chi connectivity index (χ3n) is 4.60. The molecule has 2 aliphatic rings. The highest BCUT2D eigenvalue weighted by Crippen LogP contribution is 2.42. The van der Waals surface area contributed by atoms with Crippen molar-refractivity contribution in [1.29, 1.82) is 0 Å². The summed E-state index contributed by atoms with van der Waals surface area (Å²) in [4.78, 5) is 25.6. The molecule has 1 amide bonds. The Morgan fingerprint density at radius 2 is 2.11 bits per heavy atom. The van der Waals surface area contributed by atoms with Gasteiger partial charge < -0.3 is 15.7 Å². The van der Waals surface area contributed by atoms with Crippen LogP contribution in [0.25, 0.3) is 0 Å². The van der Waals surface area contributed by atoms with E-state index in [1.807, 2.05) is 6.92 Å². The zero-order valence-electron chi connectivity index (χ0n) is 11.1. The summed E-state index contributed by atoms with van der Waals surface area (Å²) >= 11 is 0. The van der Waals surface area contributed by atoms with Crippen molar-refractivity contribution in [3.05, 3.63) is 0 Å². The van der Waals surface area contributed by atoms with Crippen molar-refractivity contribution in [3.8, 4) is 0 Å². The third kappa shape index (κ3) is 1.81. The summed E-state index contributed by atoms with van der Waals surface area (Å²) in [7, 11) is 0. The van der Waals surface area contributed by atoms with Gasteiger partial charge in [-0.15, -0.1) is 0 Å². The maximum absolute atomic E-state index is 12.6. The van der Waals surface area contributed by atoms with Crippen LogP contribution in [-0.4, -0.2) is 39.5 Å². The summed E-state index contributed by atoms with van der Waals surface area (Å²) in [5, 5.41) is 9.47. The van der Waals surface area contributed by atoms with Gasteiger partial charge in [0.1, 0.15) is 5.54 Å². The number of carboxylic acid groups (broad SMARTS) is 1. The van der Waals surface area contributed by atoms with E-state index in [0.29, 0.717) is 19.4 Å². The predicted octanol–water partition coefficient (Wildman–Crippen LogP) is 0.970. The van der Waals surface area contributed by atoms with Crippen LogP contribution >= 0.6 is 0 Å². The normalized spacial score (nSPS) is 31.2. The molecule has 2 rings (SSSR count). The molecule has 1 saturated carbocycles. The molecule has 0 radical (unpaired) electrons. The smallest absolute Gasteiger partial charge is 0.329 e. The molecule has 5 heteroatoms. The van der Waals surface area contributed by atoms with Crippen molar-refractivity contribution in [3.63, 3.8) is 0 Å². The Morgan fingerprint density at radius 3 is 2.56 bits per heavy atom. The van der Waals surface area contributed by atoms with Gasteiger partial charge >= 0.3 is 5.97 Å². The van der Waals surface area contributed by atoms with Gasteiger partial charge in [-0.25, -0.2) is 4.79 Å². The molecule has 3 N–H and O–H groups in total. The van der Waals surface area contributed by atoms with E-state index in [4.69, 9.17) is 5.73 Å². The molecule has 1 aliphatic carbocycles. The number of nitrogens with zero attached hydrogens (tertiary/aromatic N) is 1. The lowest BCUT2D eigenvalue weighted by Gasteiger charge is -2.38. The van der Waals surface area contributed by atoms with E-state index in [1.165, 1.54) is 4.90 Å². The number of likely N-dealkylation sites (tertiary alicyclic amines) is 1. The SMILES string of the molecule is CCC1(C(=O)O)CCCN1C(=O)C(C)(N)C1CC1. The van der Waals surface area contributed by atoms with Gasteiger partial charge in [-0.3, -0.25) is 4.79 Å². The number of aliphatic carboxylic acids is 1. The molecule has 102 valence electrons. The largest absolute Gasteiger partial charge is 0.479 e. The topological polar surface area (TPSA) is 83.6 Å². The summed E-state index contributed by atoms with van der Waals surface area (Å²) in [6.07, 6.45) is 3.66. The Hall–Kier alpha value is -1.10. The molecule has 5 nitrogen and oxygen atoms in total. The summed E-state index contributed by atoms with van der Waals surface area (Å²) in [6, 6.07) is 0. The lowest BCUT2D eigenvalue weighted by molar-refractivity contribution is -0.159. The molecule has 18 heavy (non-hydrogen) atoms. The minimum Gasteiger partial charge on any atom is -0.479 e. The zero-order valence-corrected chi connectivity index (χ0v) is 11.1. The Bertz CT molecular complexity index is 376. The van der Waals surface area contributed by atoms with Gasteiger partial charge in [0.25, 0.3) is 0 Å². The van der Waals surface area contributed by atoms with Gasteiger partial charge in [0.2, 0.25) is 5.91 Å². The summed E-state index contributed by atoms with van der Waals surface area (Å²) in [5.74, 6) is -0.872. The first-order chi connectivity index (χ1) is 8.36. The van der Waals surface area contributed by atoms with E-state index < -0.39 is 17.0 Å². The highest BCUT2D eigenvalue weighted by molar-refractivity contribution is 5.92. The number of carboxylic acids is 1. The maximum Gasteiger partial charge on any atom is 0.329 e. The van der Waals surface area contributed by atoms with Crippen molar-refractivity contribution in [1.82, 2.24) is 4.90 Å². The molecule has 1 heterocycles. The van der Waals surface area contributed by atoms with Crippen LogP contribution < -0.4 is 5.73 Å². The van der Waals surface area contributed by atoms with Crippen molar-refractivity contribution in [2.75, 3.05) is 6.54 Å². The molecular formula is C13H22N2O3. The molecule has 2 unspecified atom stereocenters. The highest BCUT2D eigenvalue weighted by atomic mass is 16.4. The van der Waals surface area contributed by atoms with E-state index >= 15 is 0 Å². The molecule has 2 atom stereocenters. The van der Waals surface area contributed by atoms with Gasteiger partial charge in [0.15, 0.2) is 0 Å². The molecule has 0 aromatic rings. The van der Waals surface area contributed by atoms with E-state index in [-0.39, 0.29) is 11.8 Å². The molecule has 0 aromatic carbocycles. The van der Waals surface area contributed by atoms with E-state index in [1.54, 1.807) is 6.92 Å². The number of amides is 1. The van der Waals surface area contributed by atoms with Crippen LogP contribution in [0.15, 0.2) is 0 Å². The molecule has 0 bridgehead atoms. The van der Waals surface area contributed by atoms with E-state index in [9.17, 15) is 14.7 Å². The van der Waals surface area contributed by atoms with Crippen molar-refractivity contribution >= 4 is 11.9 Å². The minimum atomic E-state index is -1.04. The van der Waals surface area contributed by atoms with Crippen LogP contribution in [0.4, 0.5) is 0 Å². The van der Waals surface area contributed by atoms with Gasteiger partial charge in [0, 0.05) is 6.54 Å². The third-order valence-corrected chi connectivity index (χ3v) is 4.60. The fraction of sp³-hybridized carbons (Fsp3) is 0.846. The van der Waals surface area contributed by atoms with Crippen LogP contribution in [0, 0.1) is 5.92 Å². The molecular weight excluding hydrogens is 232 g/mol. The van der Waals surface area contributed by atoms with Crippen LogP contribution in [0.5, 0.6) is 0 Å². The van der Waals surface area contributed by atoms with Gasteiger partial charge in [-0.1, -0.05) is 6.92 Å². The minimum absolute atomic E-state index is 0.188. The number of hydrogen-bond acceptors (Lipinski definition) is 3. The average molecular weight is 254 g/mol. The molecule has 1 aliphatic heterocycles. The van der Waals surface area contributed by atoms with Crippen molar-refractivity contribution in [2.45, 2.75) is 57.0 Å². The summed E-state index contributed by atoms with van der Waals surface area (Å²) in [5.41, 5.74) is 4.20. The molecule has 2 fully saturated rings. The number of nitrogens with two attached hydrogens (primary N) is 1. The van der Waals surface area contributed by atoms with Gasteiger partial charge in [-0.2, -0.15) is 0 Å². The Balaban J connectivity index is 2.26. The number of carbonyl (C=O) groups excluding carboxylic acids is 1. The maximum atomic E-state index is 12.6. The number of rotatable bonds is 4. The summed E-state index contributed by atoms with van der Waals surface area (Å²) < 4.78 is 0. The Morgan fingerprint density at radius 1 is 1.50 bits per heavy atom. The average Bonchev–Trinajstić information content (AvgIpc) is 3.08. The molecule has 0 spiro atoms. The van der Waals surface area contributed by atoms with Crippen LogP contribution in [0.2, 0.25) is 0 Å². The second kappa shape index (κ2) is 4.23. The predicted molar refractivity (Wildman–Crippen MR) is 66.9 cm³/mol. The monoisotopic (exact) mass is 254 g/mol. The first-order valence-electron chi connectivity index (χ1n) is 6.70. The van der Waals surface area contributed by atoms with Gasteiger partial charge in [0.05, 0.1) is 5.54 Å². The lowest BCUT2D eigenvalue weighted by Crippen LogP contribution is -2.62. The Kier molecular flexibility index (Phi) is 3.13. The second-order valence-electron chi connectivity index (χ2n) is 5.81. The van der Waals surface area contributed by atoms with E-state index in [0.717, 1.165) is 19.3 Å². The van der Waals surface area contributed by atoms with Crippen molar-refractivity contribution < 1.29 is 14.7 Å². The zero-order chi connectivity index (χ0) is 13.6. The molecule has 0 aromatic heterocycles. The van der Waals surface area contributed by atoms with Crippen LogP contribution in [0.3, 0.4) is 0 Å². The first-order valence-corrected chi connectivity index (χ1v) is 6.70. The van der Waals surface area contributed by atoms with Crippen LogP contribution in [0.1, 0.15) is 46.0 Å². The fourth-order valence-electron chi connectivity index (χ4n) is 3.06. The first kappa shape index (κ1) is 13.3.